The van der Waals surface area contributed by atoms with Crippen molar-refractivity contribution in [1.82, 2.24) is 10.1 Å². The highest BCUT2D eigenvalue weighted by Gasteiger charge is 2.40. The van der Waals surface area contributed by atoms with Crippen LogP contribution in [0, 0.1) is 6.92 Å². The molecule has 0 spiro atoms. The summed E-state index contributed by atoms with van der Waals surface area (Å²) in [5.74, 6) is -1.40. The van der Waals surface area contributed by atoms with Crippen LogP contribution in [0.2, 0.25) is 0 Å². The van der Waals surface area contributed by atoms with Crippen LogP contribution < -0.4 is 5.11 Å². The van der Waals surface area contributed by atoms with Crippen molar-refractivity contribution in [3.05, 3.63) is 35.0 Å². The third-order valence-electron chi connectivity index (χ3n) is 4.29. The van der Waals surface area contributed by atoms with Crippen molar-refractivity contribution < 1.29 is 19.2 Å². The second kappa shape index (κ2) is 6.46. The molecule has 1 aromatic carbocycles. The van der Waals surface area contributed by atoms with Gasteiger partial charge in [-0.2, -0.15) is 5.16 Å². The zero-order valence-electron chi connectivity index (χ0n) is 14.1. The number of rotatable bonds is 5. The SMILES string of the molecule is CCC(CC)N1C(=O)c2cccc(N=Nc3c(C)noc3[O-])c2C1=O. The van der Waals surface area contributed by atoms with Crippen molar-refractivity contribution in [2.75, 3.05) is 0 Å². The van der Waals surface area contributed by atoms with Gasteiger partial charge in [0.1, 0.15) is 11.6 Å². The number of carbonyl (C=O) groups excluding carboxylic acids is 2. The first kappa shape index (κ1) is 16.8. The van der Waals surface area contributed by atoms with Gasteiger partial charge in [-0.3, -0.25) is 14.5 Å². The minimum absolute atomic E-state index is 0.0220. The lowest BCUT2D eigenvalue weighted by molar-refractivity contribution is -0.296. The number of aromatic nitrogens is 1. The molecule has 0 radical (unpaired) electrons. The number of hydrogen-bond donors (Lipinski definition) is 0. The Balaban J connectivity index is 2.02. The number of amides is 2. The standard InChI is InChI=1S/C17H18N4O4/c1-4-10(5-2)21-15(22)11-7-6-8-12(13(11)16(21)23)18-19-14-9(3)20-25-17(14)24/h6-8,10,24H,4-5H2,1-3H3/p-1. The maximum absolute atomic E-state index is 12.8. The van der Waals surface area contributed by atoms with E-state index in [0.29, 0.717) is 24.1 Å². The van der Waals surface area contributed by atoms with Gasteiger partial charge in [-0.1, -0.05) is 19.9 Å². The summed E-state index contributed by atoms with van der Waals surface area (Å²) >= 11 is 0. The van der Waals surface area contributed by atoms with E-state index in [2.05, 4.69) is 19.9 Å². The first-order valence-electron chi connectivity index (χ1n) is 8.05. The van der Waals surface area contributed by atoms with E-state index in [1.807, 2.05) is 13.8 Å². The largest absolute Gasteiger partial charge is 0.542 e. The van der Waals surface area contributed by atoms with Gasteiger partial charge in [0.25, 0.3) is 11.8 Å². The first-order chi connectivity index (χ1) is 12.0. The molecule has 2 aromatic rings. The van der Waals surface area contributed by atoms with Gasteiger partial charge in [0, 0.05) is 6.04 Å². The lowest BCUT2D eigenvalue weighted by Crippen LogP contribution is -2.39. The van der Waals surface area contributed by atoms with E-state index in [4.69, 9.17) is 0 Å². The Morgan fingerprint density at radius 1 is 1.20 bits per heavy atom. The molecule has 2 amide bonds. The number of fused-ring (bicyclic) bond motifs is 1. The minimum Gasteiger partial charge on any atom is -0.542 e. The molecule has 25 heavy (non-hydrogen) atoms. The third-order valence-corrected chi connectivity index (χ3v) is 4.29. The van der Waals surface area contributed by atoms with Crippen LogP contribution in [0.15, 0.2) is 33.0 Å². The number of benzene rings is 1. The molecule has 1 aliphatic rings. The van der Waals surface area contributed by atoms with E-state index in [1.165, 1.54) is 4.90 Å². The zero-order chi connectivity index (χ0) is 18.1. The monoisotopic (exact) mass is 341 g/mol. The molecular weight excluding hydrogens is 324 g/mol. The summed E-state index contributed by atoms with van der Waals surface area (Å²) < 4.78 is 4.50. The summed E-state index contributed by atoms with van der Waals surface area (Å²) in [6, 6.07) is 4.65. The van der Waals surface area contributed by atoms with Gasteiger partial charge < -0.3 is 9.63 Å². The molecule has 2 heterocycles. The highest BCUT2D eigenvalue weighted by Crippen LogP contribution is 2.35. The van der Waals surface area contributed by atoms with E-state index in [1.54, 1.807) is 25.1 Å². The zero-order valence-corrected chi connectivity index (χ0v) is 14.1. The van der Waals surface area contributed by atoms with Gasteiger partial charge in [0.2, 0.25) is 0 Å². The van der Waals surface area contributed by atoms with E-state index >= 15 is 0 Å². The van der Waals surface area contributed by atoms with Crippen LogP contribution in [0.4, 0.5) is 11.4 Å². The maximum atomic E-state index is 12.8. The van der Waals surface area contributed by atoms with Crippen LogP contribution in [-0.4, -0.2) is 27.9 Å². The van der Waals surface area contributed by atoms with Crippen LogP contribution in [-0.2, 0) is 0 Å². The second-order valence-corrected chi connectivity index (χ2v) is 5.75. The topological polar surface area (TPSA) is 111 Å². The smallest absolute Gasteiger partial charge is 0.264 e. The van der Waals surface area contributed by atoms with Gasteiger partial charge in [-0.15, -0.1) is 10.2 Å². The van der Waals surface area contributed by atoms with E-state index in [0.717, 1.165) is 0 Å². The van der Waals surface area contributed by atoms with Gasteiger partial charge in [-0.05, 0) is 31.9 Å². The normalized spacial score (nSPS) is 14.2. The average Bonchev–Trinajstić information content (AvgIpc) is 3.06. The summed E-state index contributed by atoms with van der Waals surface area (Å²) in [5.41, 5.74) is 1.04. The van der Waals surface area contributed by atoms with Gasteiger partial charge >= 0.3 is 0 Å². The van der Waals surface area contributed by atoms with Crippen LogP contribution in [0.5, 0.6) is 5.95 Å². The van der Waals surface area contributed by atoms with Crippen molar-refractivity contribution in [3.8, 4) is 5.95 Å². The number of aryl methyl sites for hydroxylation is 1. The Morgan fingerprint density at radius 2 is 1.92 bits per heavy atom. The van der Waals surface area contributed by atoms with Gasteiger partial charge in [0.05, 0.1) is 22.5 Å². The Hall–Kier alpha value is -3.03. The molecule has 0 unspecified atom stereocenters. The molecule has 0 atom stereocenters. The molecule has 8 heteroatoms. The summed E-state index contributed by atoms with van der Waals surface area (Å²) in [6.45, 7) is 5.43. The molecule has 1 aliphatic heterocycles. The fourth-order valence-corrected chi connectivity index (χ4v) is 2.92. The highest BCUT2D eigenvalue weighted by atomic mass is 16.5. The maximum Gasteiger partial charge on any atom is 0.264 e. The van der Waals surface area contributed by atoms with Gasteiger partial charge in [0.15, 0.2) is 0 Å². The fraction of sp³-hybridized carbons (Fsp3) is 0.353. The molecule has 0 N–H and O–H groups in total. The summed E-state index contributed by atoms with van der Waals surface area (Å²) in [4.78, 5) is 26.7. The number of azo groups is 1. The second-order valence-electron chi connectivity index (χ2n) is 5.75. The van der Waals surface area contributed by atoms with Crippen LogP contribution in [0.1, 0.15) is 53.1 Å². The van der Waals surface area contributed by atoms with Crippen LogP contribution in [0.25, 0.3) is 0 Å². The van der Waals surface area contributed by atoms with Crippen molar-refractivity contribution >= 4 is 23.2 Å². The van der Waals surface area contributed by atoms with Crippen molar-refractivity contribution in [3.63, 3.8) is 0 Å². The lowest BCUT2D eigenvalue weighted by atomic mass is 10.1. The molecule has 130 valence electrons. The fourth-order valence-electron chi connectivity index (χ4n) is 2.92. The molecule has 1 aromatic heterocycles. The predicted octanol–water partition coefficient (Wildman–Crippen LogP) is 3.26. The molecule has 0 saturated heterocycles. The summed E-state index contributed by atoms with van der Waals surface area (Å²) in [6.07, 6.45) is 1.36. The Bertz CT molecular complexity index is 848. The quantitative estimate of drug-likeness (QED) is 0.612. The first-order valence-corrected chi connectivity index (χ1v) is 8.05. The number of carbonyl (C=O) groups is 2. The van der Waals surface area contributed by atoms with E-state index in [9.17, 15) is 14.7 Å². The molecule has 0 fully saturated rings. The van der Waals surface area contributed by atoms with Crippen molar-refractivity contribution in [2.45, 2.75) is 39.7 Å². The minimum atomic E-state index is -0.699. The van der Waals surface area contributed by atoms with Gasteiger partial charge in [-0.25, -0.2) is 0 Å². The van der Waals surface area contributed by atoms with Crippen LogP contribution >= 0.6 is 0 Å². The van der Waals surface area contributed by atoms with Crippen LogP contribution in [0.3, 0.4) is 0 Å². The Kier molecular flexibility index (Phi) is 4.35. The number of imide groups is 1. The molecule has 3 rings (SSSR count). The average molecular weight is 341 g/mol. The summed E-state index contributed by atoms with van der Waals surface area (Å²) in [5, 5.41) is 22.9. The molecule has 0 bridgehead atoms. The molecule has 8 nitrogen and oxygen atoms in total. The third kappa shape index (κ3) is 2.69. The summed E-state index contributed by atoms with van der Waals surface area (Å²) in [7, 11) is 0. The lowest BCUT2D eigenvalue weighted by Gasteiger charge is -2.23. The molecule has 0 saturated carbocycles. The predicted molar refractivity (Wildman–Crippen MR) is 86.2 cm³/mol. The molecule has 0 aliphatic carbocycles. The van der Waals surface area contributed by atoms with Crippen molar-refractivity contribution in [2.24, 2.45) is 10.2 Å². The van der Waals surface area contributed by atoms with Crippen molar-refractivity contribution in [1.29, 1.82) is 0 Å². The molecular formula is C17H17N4O4-. The van der Waals surface area contributed by atoms with E-state index < -0.39 is 5.95 Å². The Morgan fingerprint density at radius 3 is 2.52 bits per heavy atom. The highest BCUT2D eigenvalue weighted by molar-refractivity contribution is 6.23. The van der Waals surface area contributed by atoms with E-state index in [-0.39, 0.29) is 34.8 Å². The number of hydrogen-bond acceptors (Lipinski definition) is 7. The Labute approximate surface area is 144 Å². The number of nitrogens with zero attached hydrogens (tertiary/aromatic N) is 4.